The van der Waals surface area contributed by atoms with Gasteiger partial charge in [0.1, 0.15) is 18.0 Å². The van der Waals surface area contributed by atoms with E-state index in [0.29, 0.717) is 38.6 Å². The van der Waals surface area contributed by atoms with Gasteiger partial charge in [0.15, 0.2) is 5.65 Å². The zero-order valence-electron chi connectivity index (χ0n) is 19.5. The summed E-state index contributed by atoms with van der Waals surface area (Å²) in [6.45, 7) is 2.77. The van der Waals surface area contributed by atoms with E-state index in [2.05, 4.69) is 15.0 Å². The van der Waals surface area contributed by atoms with E-state index in [1.807, 2.05) is 24.4 Å². The molecule has 0 aromatic carbocycles. The molecule has 1 aliphatic carbocycles. The summed E-state index contributed by atoms with van der Waals surface area (Å²) >= 11 is 0. The van der Waals surface area contributed by atoms with Crippen molar-refractivity contribution in [3.63, 3.8) is 0 Å². The van der Waals surface area contributed by atoms with Gasteiger partial charge in [-0.05, 0) is 31.0 Å². The van der Waals surface area contributed by atoms with E-state index in [0.717, 1.165) is 35.4 Å². The number of carbonyl (C=O) groups is 2. The molecule has 5 heterocycles. The van der Waals surface area contributed by atoms with Gasteiger partial charge < -0.3 is 24.2 Å². The molecule has 3 aromatic heterocycles. The zero-order chi connectivity index (χ0) is 23.9. The van der Waals surface area contributed by atoms with Crippen LogP contribution in [0.4, 0.5) is 10.6 Å². The molecular weight excluding hydrogens is 450 g/mol. The molecule has 2 amide bonds. The van der Waals surface area contributed by atoms with Crippen molar-refractivity contribution in [2.75, 3.05) is 44.7 Å². The number of likely N-dealkylation sites (N-methyl/N-ethyl adjacent to an activating group) is 1. The molecule has 1 saturated carbocycles. The monoisotopic (exact) mass is 477 g/mol. The Morgan fingerprint density at radius 2 is 1.91 bits per heavy atom. The number of carbonyl (C=O) groups excluding carboxylic acids is 2. The minimum Gasteiger partial charge on any atom is -0.474 e. The second-order valence-corrected chi connectivity index (χ2v) is 9.24. The van der Waals surface area contributed by atoms with Crippen LogP contribution < -0.4 is 9.64 Å². The highest BCUT2D eigenvalue weighted by molar-refractivity contribution is 5.81. The standard InChI is InChI=1S/C24H27N7O4/c1-28-15-17(13-21(28)32)35-24(33)30-11-9-29(10-12-30)20-6-8-31-22(27-20)19(14-26-31)18-3-2-7-25-23(18)34-16-4-5-16/h2-3,6-8,14,16-17H,4-5,9-13,15H2,1H3/t17-/m1/s1. The number of rotatable bonds is 5. The van der Waals surface area contributed by atoms with E-state index in [-0.39, 0.29) is 30.6 Å². The molecule has 182 valence electrons. The Balaban J connectivity index is 1.15. The van der Waals surface area contributed by atoms with E-state index in [4.69, 9.17) is 14.5 Å². The number of fused-ring (bicyclic) bond motifs is 1. The maximum atomic E-state index is 12.6. The lowest BCUT2D eigenvalue weighted by Crippen LogP contribution is -2.49. The van der Waals surface area contributed by atoms with Gasteiger partial charge in [-0.15, -0.1) is 0 Å². The van der Waals surface area contributed by atoms with Crippen LogP contribution >= 0.6 is 0 Å². The molecule has 2 saturated heterocycles. The number of anilines is 1. The minimum atomic E-state index is -0.372. The Morgan fingerprint density at radius 1 is 1.09 bits per heavy atom. The summed E-state index contributed by atoms with van der Waals surface area (Å²) in [5.41, 5.74) is 2.48. The smallest absolute Gasteiger partial charge is 0.410 e. The molecule has 3 aliphatic rings. The number of ether oxygens (including phenoxy) is 2. The van der Waals surface area contributed by atoms with Gasteiger partial charge in [-0.2, -0.15) is 5.10 Å². The first-order chi connectivity index (χ1) is 17.0. The maximum absolute atomic E-state index is 12.6. The van der Waals surface area contributed by atoms with E-state index in [1.165, 1.54) is 0 Å². The second-order valence-electron chi connectivity index (χ2n) is 9.24. The van der Waals surface area contributed by atoms with Crippen LogP contribution in [0, 0.1) is 0 Å². The lowest BCUT2D eigenvalue weighted by atomic mass is 10.1. The van der Waals surface area contributed by atoms with Crippen LogP contribution in [-0.4, -0.2) is 93.4 Å². The molecule has 6 rings (SSSR count). The van der Waals surface area contributed by atoms with E-state index in [9.17, 15) is 9.59 Å². The summed E-state index contributed by atoms with van der Waals surface area (Å²) in [6, 6.07) is 5.80. The third-order valence-electron chi connectivity index (χ3n) is 6.65. The average Bonchev–Trinajstić information content (AvgIpc) is 3.50. The molecule has 11 nitrogen and oxygen atoms in total. The van der Waals surface area contributed by atoms with Gasteiger partial charge in [0.05, 0.1) is 24.7 Å². The van der Waals surface area contributed by atoms with Crippen molar-refractivity contribution in [3.8, 4) is 17.0 Å². The molecule has 0 unspecified atom stereocenters. The first-order valence-electron chi connectivity index (χ1n) is 12.0. The second kappa shape index (κ2) is 8.71. The van der Waals surface area contributed by atoms with Crippen LogP contribution in [0.1, 0.15) is 19.3 Å². The Hall–Kier alpha value is -3.89. The minimum absolute atomic E-state index is 0.00540. The molecule has 3 fully saturated rings. The highest BCUT2D eigenvalue weighted by atomic mass is 16.6. The fourth-order valence-corrected chi connectivity index (χ4v) is 4.50. The van der Waals surface area contributed by atoms with E-state index in [1.54, 1.807) is 33.8 Å². The normalized spacial score (nSPS) is 20.5. The maximum Gasteiger partial charge on any atom is 0.410 e. The summed E-state index contributed by atoms with van der Waals surface area (Å²) in [5.74, 6) is 1.44. The highest BCUT2D eigenvalue weighted by Gasteiger charge is 2.32. The van der Waals surface area contributed by atoms with Crippen molar-refractivity contribution in [2.24, 2.45) is 0 Å². The van der Waals surface area contributed by atoms with Crippen molar-refractivity contribution < 1.29 is 19.1 Å². The topological polar surface area (TPSA) is 105 Å². The number of amides is 2. The van der Waals surface area contributed by atoms with Crippen LogP contribution in [0.2, 0.25) is 0 Å². The van der Waals surface area contributed by atoms with Gasteiger partial charge >= 0.3 is 6.09 Å². The number of likely N-dealkylation sites (tertiary alicyclic amines) is 1. The van der Waals surface area contributed by atoms with Crippen molar-refractivity contribution in [1.82, 2.24) is 29.4 Å². The van der Waals surface area contributed by atoms with Crippen LogP contribution in [0.15, 0.2) is 36.8 Å². The number of aromatic nitrogens is 4. The van der Waals surface area contributed by atoms with Crippen LogP contribution in [0.25, 0.3) is 16.8 Å². The van der Waals surface area contributed by atoms with Gasteiger partial charge in [0.2, 0.25) is 11.8 Å². The SMILES string of the molecule is CN1C[C@H](OC(=O)N2CCN(c3ccn4ncc(-c5cccnc5OC5CC5)c4n3)CC2)CC1=O. The first kappa shape index (κ1) is 21.6. The predicted octanol–water partition coefficient (Wildman–Crippen LogP) is 1.82. The van der Waals surface area contributed by atoms with Crippen LogP contribution in [0.5, 0.6) is 5.88 Å². The van der Waals surface area contributed by atoms with Gasteiger partial charge in [-0.1, -0.05) is 0 Å². The van der Waals surface area contributed by atoms with Crippen molar-refractivity contribution in [2.45, 2.75) is 31.5 Å². The van der Waals surface area contributed by atoms with Gasteiger partial charge in [-0.25, -0.2) is 19.3 Å². The van der Waals surface area contributed by atoms with Gasteiger partial charge in [0, 0.05) is 51.2 Å². The molecule has 2 aliphatic heterocycles. The Labute approximate surface area is 202 Å². The Kier molecular flexibility index (Phi) is 5.39. The summed E-state index contributed by atoms with van der Waals surface area (Å²) in [4.78, 5) is 39.0. The fourth-order valence-electron chi connectivity index (χ4n) is 4.50. The van der Waals surface area contributed by atoms with Gasteiger partial charge in [0.25, 0.3) is 0 Å². The predicted molar refractivity (Wildman–Crippen MR) is 126 cm³/mol. The van der Waals surface area contributed by atoms with Crippen LogP contribution in [0.3, 0.4) is 0 Å². The molecule has 0 N–H and O–H groups in total. The molecular formula is C24H27N7O4. The Bertz CT molecular complexity index is 1270. The molecule has 3 aromatic rings. The summed E-state index contributed by atoms with van der Waals surface area (Å²) in [5, 5.41) is 4.47. The zero-order valence-corrected chi connectivity index (χ0v) is 19.5. The Morgan fingerprint density at radius 3 is 2.66 bits per heavy atom. The largest absolute Gasteiger partial charge is 0.474 e. The number of nitrogens with zero attached hydrogens (tertiary/aromatic N) is 7. The molecule has 0 spiro atoms. The fraction of sp³-hybridized carbons (Fsp3) is 0.458. The third-order valence-corrected chi connectivity index (χ3v) is 6.65. The summed E-state index contributed by atoms with van der Waals surface area (Å²) in [7, 11) is 1.72. The van der Waals surface area contributed by atoms with Gasteiger partial charge in [-0.3, -0.25) is 4.79 Å². The van der Waals surface area contributed by atoms with Crippen molar-refractivity contribution >= 4 is 23.5 Å². The number of piperazine rings is 1. The summed E-state index contributed by atoms with van der Waals surface area (Å²) < 4.78 is 13.3. The van der Waals surface area contributed by atoms with Crippen molar-refractivity contribution in [3.05, 3.63) is 36.8 Å². The lowest BCUT2D eigenvalue weighted by Gasteiger charge is -2.35. The quantitative estimate of drug-likeness (QED) is 0.548. The lowest BCUT2D eigenvalue weighted by molar-refractivity contribution is -0.126. The van der Waals surface area contributed by atoms with E-state index < -0.39 is 0 Å². The molecule has 11 heteroatoms. The van der Waals surface area contributed by atoms with E-state index >= 15 is 0 Å². The van der Waals surface area contributed by atoms with Crippen LogP contribution in [-0.2, 0) is 9.53 Å². The average molecular weight is 478 g/mol. The molecule has 35 heavy (non-hydrogen) atoms. The molecule has 0 bridgehead atoms. The molecule has 0 radical (unpaired) electrons. The highest BCUT2D eigenvalue weighted by Crippen LogP contribution is 2.35. The summed E-state index contributed by atoms with van der Waals surface area (Å²) in [6.07, 6.45) is 7.30. The number of hydrogen-bond donors (Lipinski definition) is 0. The first-order valence-corrected chi connectivity index (χ1v) is 12.0. The number of pyridine rings is 1. The third kappa shape index (κ3) is 4.33. The molecule has 1 atom stereocenters. The number of hydrogen-bond acceptors (Lipinski definition) is 8. The van der Waals surface area contributed by atoms with Crippen molar-refractivity contribution in [1.29, 1.82) is 0 Å².